The predicted octanol–water partition coefficient (Wildman–Crippen LogP) is 3.75. The molecule has 0 saturated heterocycles. The molecule has 6 rings (SSSR count). The van der Waals surface area contributed by atoms with Gasteiger partial charge in [-0.25, -0.2) is 9.97 Å². The number of aromatic nitrogens is 6. The Kier molecular flexibility index (Phi) is 10.6. The molecule has 0 aliphatic rings. The van der Waals surface area contributed by atoms with E-state index in [0.29, 0.717) is 28.7 Å². The largest absolute Gasteiger partial charge is 0.507 e. The first kappa shape index (κ1) is 30.9. The van der Waals surface area contributed by atoms with Crippen LogP contribution in [0.3, 0.4) is 0 Å². The third kappa shape index (κ3) is 8.17. The van der Waals surface area contributed by atoms with E-state index in [1.807, 2.05) is 37.4 Å². The highest BCUT2D eigenvalue weighted by Gasteiger charge is 2.19. The van der Waals surface area contributed by atoms with E-state index in [4.69, 9.17) is 30.3 Å². The second-order valence-electron chi connectivity index (χ2n) is 8.32. The van der Waals surface area contributed by atoms with Gasteiger partial charge in [0.25, 0.3) is 0 Å². The molecule has 41 heavy (non-hydrogen) atoms. The summed E-state index contributed by atoms with van der Waals surface area (Å²) in [6.45, 7) is 0. The van der Waals surface area contributed by atoms with Gasteiger partial charge in [0.2, 0.25) is 0 Å². The Morgan fingerprint density at radius 1 is 0.780 bits per heavy atom. The van der Waals surface area contributed by atoms with Gasteiger partial charge < -0.3 is 30.3 Å². The molecular weight excluding hydrogens is 591 g/mol. The zero-order valence-corrected chi connectivity index (χ0v) is 23.2. The molecule has 0 spiro atoms. The van der Waals surface area contributed by atoms with Gasteiger partial charge in [-0.1, -0.05) is 7.43 Å². The summed E-state index contributed by atoms with van der Waals surface area (Å²) in [5, 5.41) is 26.5. The van der Waals surface area contributed by atoms with Gasteiger partial charge in [0.15, 0.2) is 11.5 Å². The van der Waals surface area contributed by atoms with Crippen LogP contribution in [0.2, 0.25) is 0 Å². The number of rotatable bonds is 4. The van der Waals surface area contributed by atoms with Crippen LogP contribution in [0.4, 0.5) is 11.6 Å². The lowest BCUT2D eigenvalue weighted by Gasteiger charge is -2.00. The number of hydrogen-bond acceptors (Lipinski definition) is 10. The highest BCUT2D eigenvalue weighted by atomic mass is 79.9. The van der Waals surface area contributed by atoms with Crippen LogP contribution in [0.15, 0.2) is 98.9 Å². The first-order valence-electron chi connectivity index (χ1n) is 11.8. The molecule has 6 heterocycles. The summed E-state index contributed by atoms with van der Waals surface area (Å²) >= 11 is 3.23. The molecule has 6 N–H and O–H groups in total. The maximum Gasteiger partial charge on any atom is 0.507 e. The van der Waals surface area contributed by atoms with Crippen LogP contribution in [0.5, 0.6) is 0 Å². The molecule has 0 unspecified atom stereocenters. The van der Waals surface area contributed by atoms with Gasteiger partial charge in [0.05, 0.1) is 23.8 Å². The fraction of sp³-hybridized carbons (Fsp3) is 0.111. The van der Waals surface area contributed by atoms with E-state index in [2.05, 4.69) is 36.1 Å². The van der Waals surface area contributed by atoms with Crippen LogP contribution in [-0.2, 0) is 14.1 Å². The minimum atomic E-state index is -1.52. The molecule has 6 aromatic rings. The third-order valence-electron chi connectivity index (χ3n) is 5.44. The number of halogens is 1. The Balaban J connectivity index is 0.000000179. The summed E-state index contributed by atoms with van der Waals surface area (Å²) in [6, 6.07) is 18.1. The van der Waals surface area contributed by atoms with Crippen molar-refractivity contribution < 1.29 is 18.9 Å². The van der Waals surface area contributed by atoms with E-state index >= 15 is 0 Å². The van der Waals surface area contributed by atoms with Crippen molar-refractivity contribution in [1.82, 2.24) is 29.5 Å². The summed E-state index contributed by atoms with van der Waals surface area (Å²) < 4.78 is 14.6. The van der Waals surface area contributed by atoms with E-state index in [1.165, 1.54) is 4.68 Å². The molecule has 12 nitrogen and oxygen atoms in total. The molecule has 0 fully saturated rings. The summed E-state index contributed by atoms with van der Waals surface area (Å²) in [6.07, 6.45) is 6.57. The van der Waals surface area contributed by atoms with Crippen LogP contribution in [0.25, 0.3) is 34.2 Å². The third-order valence-corrected chi connectivity index (χ3v) is 5.91. The number of nitrogens with zero attached hydrogens (tertiary/aromatic N) is 6. The number of aryl methyl sites for hydroxylation is 2. The zero-order valence-electron chi connectivity index (χ0n) is 21.6. The molecule has 0 saturated carbocycles. The van der Waals surface area contributed by atoms with E-state index in [1.54, 1.807) is 67.0 Å². The zero-order chi connectivity index (χ0) is 28.6. The first-order chi connectivity index (χ1) is 19.2. The number of nitrogens with two attached hydrogens (primary N) is 2. The molecule has 0 amide bonds. The van der Waals surface area contributed by atoms with Crippen molar-refractivity contribution in [2.24, 2.45) is 14.1 Å². The molecule has 6 aromatic heterocycles. The Morgan fingerprint density at radius 2 is 1.34 bits per heavy atom. The quantitative estimate of drug-likeness (QED) is 0.212. The molecule has 14 heteroatoms. The van der Waals surface area contributed by atoms with E-state index in [0.717, 1.165) is 27.2 Å². The molecule has 212 valence electrons. The average Bonchev–Trinajstić information content (AvgIpc) is 3.74. The molecule has 0 bridgehead atoms. The van der Waals surface area contributed by atoms with Gasteiger partial charge in [-0.3, -0.25) is 9.36 Å². The summed E-state index contributed by atoms with van der Waals surface area (Å²) in [5.74, 6) is 2.41. The number of furan rings is 2. The van der Waals surface area contributed by atoms with E-state index < -0.39 is 7.12 Å². The molecule has 0 aromatic carbocycles. The van der Waals surface area contributed by atoms with Gasteiger partial charge >= 0.3 is 7.12 Å². The highest BCUT2D eigenvalue weighted by molar-refractivity contribution is 9.10. The van der Waals surface area contributed by atoms with Crippen molar-refractivity contribution in [3.8, 4) is 34.2 Å². The first-order valence-corrected chi connectivity index (χ1v) is 12.6. The average molecular weight is 621 g/mol. The Bertz CT molecular complexity index is 1590. The minimum Gasteiger partial charge on any atom is -0.463 e. The fourth-order valence-corrected chi connectivity index (χ4v) is 3.73. The maximum absolute atomic E-state index is 8.98. The van der Waals surface area contributed by atoms with Crippen molar-refractivity contribution in [1.29, 1.82) is 0 Å². The van der Waals surface area contributed by atoms with Gasteiger partial charge in [-0.2, -0.15) is 10.2 Å². The predicted molar refractivity (Wildman–Crippen MR) is 162 cm³/mol. The van der Waals surface area contributed by atoms with Gasteiger partial charge in [0.1, 0.15) is 23.0 Å². The monoisotopic (exact) mass is 620 g/mol. The fourth-order valence-electron chi connectivity index (χ4n) is 3.49. The lowest BCUT2D eigenvalue weighted by molar-refractivity contribution is 0.421. The summed E-state index contributed by atoms with van der Waals surface area (Å²) in [4.78, 5) is 7.89. The topological polar surface area (TPSA) is 180 Å². The number of anilines is 2. The van der Waals surface area contributed by atoms with Crippen molar-refractivity contribution in [2.75, 3.05) is 11.5 Å². The second kappa shape index (κ2) is 14.1. The van der Waals surface area contributed by atoms with Crippen LogP contribution in [0.1, 0.15) is 7.43 Å². The van der Waals surface area contributed by atoms with Crippen LogP contribution in [0, 0.1) is 0 Å². The minimum absolute atomic E-state index is 0. The SMILES string of the molecule is C.Cn1nc(-c2ccco2)cc1-c1ccc(N)nc1.Cn1nc(-c2ccco2)cc1B(O)O.Nc1ccc(Br)cn1. The normalized spacial score (nSPS) is 10.1. The second-order valence-corrected chi connectivity index (χ2v) is 9.23. The van der Waals surface area contributed by atoms with Crippen LogP contribution < -0.4 is 17.1 Å². The van der Waals surface area contributed by atoms with Crippen molar-refractivity contribution >= 4 is 40.3 Å². The lowest BCUT2D eigenvalue weighted by Crippen LogP contribution is -2.35. The summed E-state index contributed by atoms with van der Waals surface area (Å²) in [5.41, 5.74) is 14.5. The number of nitrogen functional groups attached to an aromatic ring is 2. The number of pyridine rings is 2. The van der Waals surface area contributed by atoms with Crippen LogP contribution in [-0.4, -0.2) is 46.7 Å². The van der Waals surface area contributed by atoms with E-state index in [-0.39, 0.29) is 7.43 Å². The van der Waals surface area contributed by atoms with Crippen molar-refractivity contribution in [2.45, 2.75) is 7.43 Å². The Morgan fingerprint density at radius 3 is 1.78 bits per heavy atom. The van der Waals surface area contributed by atoms with E-state index in [9.17, 15) is 0 Å². The molecular formula is C27H30BBrN8O4. The molecule has 0 atom stereocenters. The summed E-state index contributed by atoms with van der Waals surface area (Å²) in [7, 11) is 2.01. The molecule has 0 aliphatic carbocycles. The lowest BCUT2D eigenvalue weighted by atomic mass is 9.86. The van der Waals surface area contributed by atoms with Gasteiger partial charge in [0, 0.05) is 36.5 Å². The Labute approximate surface area is 245 Å². The molecule has 0 aliphatic heterocycles. The number of hydrogen-bond donors (Lipinski definition) is 4. The van der Waals surface area contributed by atoms with Crippen LogP contribution >= 0.6 is 15.9 Å². The maximum atomic E-state index is 8.98. The van der Waals surface area contributed by atoms with Crippen molar-refractivity contribution in [3.05, 3.63) is 90.1 Å². The van der Waals surface area contributed by atoms with Crippen molar-refractivity contribution in [3.63, 3.8) is 0 Å². The molecule has 0 radical (unpaired) electrons. The standard InChI is InChI=1S/C13H12N4O.C8H9BN2O3.C5H5BrN2.CH4/c1-17-11(9-4-5-13(14)15-8-9)7-10(16-17)12-3-2-6-18-12;1-11-8(9(12)13)5-6(10-11)7-3-2-4-14-7;6-4-1-2-5(7)8-3-4;/h2-8H,1H3,(H2,14,15);2-5,12-13H,1H3;1-3H,(H2,7,8);1H4. The Hall–Kier alpha value is -4.66. The van der Waals surface area contributed by atoms with Gasteiger partial charge in [-0.15, -0.1) is 0 Å². The smallest absolute Gasteiger partial charge is 0.463 e. The highest BCUT2D eigenvalue weighted by Crippen LogP contribution is 2.25. The van der Waals surface area contributed by atoms with Gasteiger partial charge in [-0.05, 0) is 76.6 Å².